The van der Waals surface area contributed by atoms with Crippen LogP contribution in [0.1, 0.15) is 24.6 Å². The van der Waals surface area contributed by atoms with Crippen LogP contribution in [0.5, 0.6) is 0 Å². The average Bonchev–Trinajstić information content (AvgIpc) is 3.06. The highest BCUT2D eigenvalue weighted by Crippen LogP contribution is 2.27. The largest absolute Gasteiger partial charge is 0.385 e. The van der Waals surface area contributed by atoms with E-state index in [4.69, 9.17) is 14.5 Å². The van der Waals surface area contributed by atoms with Crippen molar-refractivity contribution in [2.45, 2.75) is 25.3 Å². The summed E-state index contributed by atoms with van der Waals surface area (Å²) < 4.78 is 12.9. The van der Waals surface area contributed by atoms with E-state index in [0.29, 0.717) is 5.92 Å². The molecule has 0 saturated carbocycles. The van der Waals surface area contributed by atoms with Gasteiger partial charge in [0, 0.05) is 39.0 Å². The number of aromatic nitrogens is 3. The third kappa shape index (κ3) is 2.48. The minimum Gasteiger partial charge on any atom is -0.385 e. The highest BCUT2D eigenvalue weighted by atomic mass is 16.5. The first kappa shape index (κ1) is 12.6. The Hall–Kier alpha value is -1.46. The van der Waals surface area contributed by atoms with Crippen molar-refractivity contribution in [3.8, 4) is 0 Å². The molecule has 5 nitrogen and oxygen atoms in total. The van der Waals surface area contributed by atoms with Crippen molar-refractivity contribution in [3.05, 3.63) is 24.2 Å². The standard InChI is InChI=1S/C14H19N3O2/c1-18-8-3-7-17-13(11-5-9-19-10-11)16-12-4-2-6-15-14(12)17/h2,4,6,11H,3,5,7-10H2,1H3. The van der Waals surface area contributed by atoms with Gasteiger partial charge in [0.25, 0.3) is 0 Å². The van der Waals surface area contributed by atoms with E-state index in [0.717, 1.165) is 56.2 Å². The van der Waals surface area contributed by atoms with Crippen molar-refractivity contribution in [3.63, 3.8) is 0 Å². The van der Waals surface area contributed by atoms with Gasteiger partial charge in [0.05, 0.1) is 6.61 Å². The number of imidazole rings is 1. The smallest absolute Gasteiger partial charge is 0.159 e. The van der Waals surface area contributed by atoms with E-state index in [1.807, 2.05) is 18.3 Å². The molecule has 2 aromatic heterocycles. The van der Waals surface area contributed by atoms with Crippen molar-refractivity contribution in [1.29, 1.82) is 0 Å². The average molecular weight is 261 g/mol. The van der Waals surface area contributed by atoms with Gasteiger partial charge in [0.2, 0.25) is 0 Å². The molecular weight excluding hydrogens is 242 g/mol. The van der Waals surface area contributed by atoms with Crippen LogP contribution in [0.2, 0.25) is 0 Å². The molecule has 0 aliphatic carbocycles. The third-order valence-corrected chi connectivity index (χ3v) is 3.56. The van der Waals surface area contributed by atoms with Gasteiger partial charge in [-0.15, -0.1) is 0 Å². The van der Waals surface area contributed by atoms with Crippen LogP contribution in [0.25, 0.3) is 11.2 Å². The molecule has 3 rings (SSSR count). The second-order valence-corrected chi connectivity index (χ2v) is 4.87. The molecule has 1 saturated heterocycles. The SMILES string of the molecule is COCCCn1c(C2CCOC2)nc2cccnc21. The highest BCUT2D eigenvalue weighted by molar-refractivity contribution is 5.71. The van der Waals surface area contributed by atoms with Gasteiger partial charge in [-0.05, 0) is 25.0 Å². The predicted molar refractivity (Wildman–Crippen MR) is 72.2 cm³/mol. The van der Waals surface area contributed by atoms with Gasteiger partial charge in [-0.3, -0.25) is 0 Å². The van der Waals surface area contributed by atoms with Crippen LogP contribution in [-0.2, 0) is 16.0 Å². The van der Waals surface area contributed by atoms with E-state index in [2.05, 4.69) is 9.55 Å². The molecule has 1 aliphatic heterocycles. The number of fused-ring (bicyclic) bond motifs is 1. The number of pyridine rings is 1. The molecule has 1 atom stereocenters. The lowest BCUT2D eigenvalue weighted by atomic mass is 10.1. The van der Waals surface area contributed by atoms with Crippen molar-refractivity contribution in [2.75, 3.05) is 26.9 Å². The van der Waals surface area contributed by atoms with Gasteiger partial charge in [0.15, 0.2) is 5.65 Å². The molecular formula is C14H19N3O2. The fourth-order valence-electron chi connectivity index (χ4n) is 2.61. The Morgan fingerprint density at radius 2 is 2.47 bits per heavy atom. The summed E-state index contributed by atoms with van der Waals surface area (Å²) in [4.78, 5) is 9.22. The summed E-state index contributed by atoms with van der Waals surface area (Å²) in [7, 11) is 1.73. The zero-order chi connectivity index (χ0) is 13.1. The quantitative estimate of drug-likeness (QED) is 0.772. The summed E-state index contributed by atoms with van der Waals surface area (Å²) >= 11 is 0. The Balaban J connectivity index is 1.95. The Morgan fingerprint density at radius 3 is 3.26 bits per heavy atom. The van der Waals surface area contributed by atoms with Crippen LogP contribution < -0.4 is 0 Å². The van der Waals surface area contributed by atoms with E-state index < -0.39 is 0 Å². The molecule has 102 valence electrons. The number of aryl methyl sites for hydroxylation is 1. The Morgan fingerprint density at radius 1 is 1.53 bits per heavy atom. The summed E-state index contributed by atoms with van der Waals surface area (Å²) in [5, 5.41) is 0. The zero-order valence-corrected chi connectivity index (χ0v) is 11.2. The maximum Gasteiger partial charge on any atom is 0.159 e. The van der Waals surface area contributed by atoms with Gasteiger partial charge < -0.3 is 14.0 Å². The maximum atomic E-state index is 5.49. The Kier molecular flexibility index (Phi) is 3.75. The van der Waals surface area contributed by atoms with Gasteiger partial charge in [-0.1, -0.05) is 0 Å². The molecule has 0 radical (unpaired) electrons. The Labute approximate surface area is 112 Å². The summed E-state index contributed by atoms with van der Waals surface area (Å²) in [6, 6.07) is 3.96. The number of ether oxygens (including phenoxy) is 2. The monoisotopic (exact) mass is 261 g/mol. The number of hydrogen-bond acceptors (Lipinski definition) is 4. The number of rotatable bonds is 5. The molecule has 0 N–H and O–H groups in total. The lowest BCUT2D eigenvalue weighted by molar-refractivity contribution is 0.188. The first-order chi connectivity index (χ1) is 9.40. The van der Waals surface area contributed by atoms with Gasteiger partial charge in [-0.2, -0.15) is 0 Å². The number of nitrogens with zero attached hydrogens (tertiary/aromatic N) is 3. The van der Waals surface area contributed by atoms with E-state index in [1.165, 1.54) is 0 Å². The van der Waals surface area contributed by atoms with Crippen LogP contribution in [-0.4, -0.2) is 41.5 Å². The first-order valence-electron chi connectivity index (χ1n) is 6.78. The summed E-state index contributed by atoms with van der Waals surface area (Å²) in [6.07, 6.45) is 3.85. The second kappa shape index (κ2) is 5.67. The molecule has 1 aliphatic rings. The minimum atomic E-state index is 0.400. The van der Waals surface area contributed by atoms with E-state index >= 15 is 0 Å². The van der Waals surface area contributed by atoms with Gasteiger partial charge >= 0.3 is 0 Å². The first-order valence-corrected chi connectivity index (χ1v) is 6.78. The van der Waals surface area contributed by atoms with E-state index in [9.17, 15) is 0 Å². The van der Waals surface area contributed by atoms with Crippen molar-refractivity contribution >= 4 is 11.2 Å². The normalized spacial score (nSPS) is 19.3. The predicted octanol–water partition coefficient (Wildman–Crippen LogP) is 1.97. The van der Waals surface area contributed by atoms with Crippen LogP contribution in [0.4, 0.5) is 0 Å². The molecule has 5 heteroatoms. The summed E-state index contributed by atoms with van der Waals surface area (Å²) in [6.45, 7) is 3.26. The third-order valence-electron chi connectivity index (χ3n) is 3.56. The van der Waals surface area contributed by atoms with E-state index in [-0.39, 0.29) is 0 Å². The van der Waals surface area contributed by atoms with Crippen LogP contribution in [0.3, 0.4) is 0 Å². The summed E-state index contributed by atoms with van der Waals surface area (Å²) in [5.41, 5.74) is 1.95. The number of hydrogen-bond donors (Lipinski definition) is 0. The lowest BCUT2D eigenvalue weighted by Crippen LogP contribution is -2.11. The van der Waals surface area contributed by atoms with Gasteiger partial charge in [0.1, 0.15) is 11.3 Å². The molecule has 0 bridgehead atoms. The van der Waals surface area contributed by atoms with Crippen molar-refractivity contribution < 1.29 is 9.47 Å². The molecule has 0 spiro atoms. The molecule has 1 unspecified atom stereocenters. The second-order valence-electron chi connectivity index (χ2n) is 4.87. The van der Waals surface area contributed by atoms with Crippen molar-refractivity contribution in [1.82, 2.24) is 14.5 Å². The zero-order valence-electron chi connectivity index (χ0n) is 11.2. The van der Waals surface area contributed by atoms with E-state index in [1.54, 1.807) is 7.11 Å². The molecule has 0 amide bonds. The summed E-state index contributed by atoms with van der Waals surface area (Å²) in [5.74, 6) is 1.51. The van der Waals surface area contributed by atoms with Crippen LogP contribution in [0, 0.1) is 0 Å². The molecule has 2 aromatic rings. The van der Waals surface area contributed by atoms with Crippen LogP contribution in [0.15, 0.2) is 18.3 Å². The van der Waals surface area contributed by atoms with Crippen molar-refractivity contribution in [2.24, 2.45) is 0 Å². The highest BCUT2D eigenvalue weighted by Gasteiger charge is 2.24. The topological polar surface area (TPSA) is 49.2 Å². The fraction of sp³-hybridized carbons (Fsp3) is 0.571. The lowest BCUT2D eigenvalue weighted by Gasteiger charge is -2.11. The minimum absolute atomic E-state index is 0.400. The maximum absolute atomic E-state index is 5.49. The molecule has 1 fully saturated rings. The number of methoxy groups -OCH3 is 1. The van der Waals surface area contributed by atoms with Crippen LogP contribution >= 0.6 is 0 Å². The molecule has 0 aromatic carbocycles. The molecule has 19 heavy (non-hydrogen) atoms. The Bertz CT molecular complexity index is 547. The fourth-order valence-corrected chi connectivity index (χ4v) is 2.61. The molecule has 3 heterocycles. The van der Waals surface area contributed by atoms with Gasteiger partial charge in [-0.25, -0.2) is 9.97 Å².